The summed E-state index contributed by atoms with van der Waals surface area (Å²) >= 11 is 0. The van der Waals surface area contributed by atoms with Crippen molar-refractivity contribution in [3.63, 3.8) is 0 Å². The molecule has 4 nitrogen and oxygen atoms in total. The van der Waals surface area contributed by atoms with Gasteiger partial charge in [0.15, 0.2) is 0 Å². The molecule has 1 aliphatic heterocycles. The fourth-order valence-electron chi connectivity index (χ4n) is 3.69. The predicted octanol–water partition coefficient (Wildman–Crippen LogP) is 4.35. The molecule has 1 aliphatic rings. The molecule has 1 atom stereocenters. The maximum atomic E-state index is 13.1. The van der Waals surface area contributed by atoms with Crippen molar-refractivity contribution >= 4 is 0 Å². The third-order valence-electron chi connectivity index (χ3n) is 5.02. The van der Waals surface area contributed by atoms with Crippen molar-refractivity contribution in [2.45, 2.75) is 38.4 Å². The Morgan fingerprint density at radius 1 is 1.19 bits per heavy atom. The Morgan fingerprint density at radius 3 is 2.63 bits per heavy atom. The number of likely N-dealkylation sites (tertiary alicyclic amines) is 1. The minimum absolute atomic E-state index is 0.346. The van der Waals surface area contributed by atoms with Crippen LogP contribution in [0.1, 0.15) is 36.0 Å². The van der Waals surface area contributed by atoms with Crippen LogP contribution in [-0.4, -0.2) is 35.1 Å². The number of methoxy groups -OCH3 is 1. The van der Waals surface area contributed by atoms with Gasteiger partial charge in [0.25, 0.3) is 0 Å². The van der Waals surface area contributed by atoms with Crippen LogP contribution in [0, 0.1) is 5.92 Å². The Kier molecular flexibility index (Phi) is 6.31. The molecule has 0 amide bonds. The molecule has 2 aromatic rings. The zero-order valence-electron chi connectivity index (χ0n) is 15.4. The molecule has 1 aromatic heterocycles. The first kappa shape index (κ1) is 19.6. The Labute approximate surface area is 157 Å². The lowest BCUT2D eigenvalue weighted by molar-refractivity contribution is -0.138. The number of hydrogen-bond donors (Lipinski definition) is 0. The van der Waals surface area contributed by atoms with Crippen LogP contribution in [0.3, 0.4) is 0 Å². The van der Waals surface area contributed by atoms with Gasteiger partial charge in [0.2, 0.25) is 0 Å². The number of alkyl halides is 3. The van der Waals surface area contributed by atoms with Gasteiger partial charge in [0.05, 0.1) is 12.7 Å². The van der Waals surface area contributed by atoms with E-state index >= 15 is 0 Å². The van der Waals surface area contributed by atoms with Crippen LogP contribution in [0.5, 0.6) is 6.01 Å². The number of hydrogen-bond acceptors (Lipinski definition) is 4. The first-order valence-corrected chi connectivity index (χ1v) is 9.18. The van der Waals surface area contributed by atoms with Gasteiger partial charge in [-0.2, -0.15) is 13.2 Å². The fraction of sp³-hybridized carbons (Fsp3) is 0.500. The van der Waals surface area contributed by atoms with E-state index in [1.165, 1.54) is 19.2 Å². The van der Waals surface area contributed by atoms with E-state index in [2.05, 4.69) is 14.9 Å². The Bertz CT molecular complexity index is 734. The van der Waals surface area contributed by atoms with Gasteiger partial charge in [0, 0.05) is 31.0 Å². The highest BCUT2D eigenvalue weighted by Gasteiger charge is 2.33. The van der Waals surface area contributed by atoms with E-state index in [1.54, 1.807) is 24.5 Å². The van der Waals surface area contributed by atoms with E-state index in [9.17, 15) is 13.2 Å². The van der Waals surface area contributed by atoms with Crippen LogP contribution >= 0.6 is 0 Å². The van der Waals surface area contributed by atoms with E-state index in [4.69, 9.17) is 4.74 Å². The Morgan fingerprint density at radius 2 is 1.93 bits per heavy atom. The van der Waals surface area contributed by atoms with E-state index in [-0.39, 0.29) is 0 Å². The predicted molar refractivity (Wildman–Crippen MR) is 96.4 cm³/mol. The van der Waals surface area contributed by atoms with E-state index in [1.807, 2.05) is 0 Å². The first-order valence-electron chi connectivity index (χ1n) is 9.18. The lowest BCUT2D eigenvalue weighted by Gasteiger charge is -2.32. The molecule has 1 unspecified atom stereocenters. The summed E-state index contributed by atoms with van der Waals surface area (Å²) < 4.78 is 44.4. The van der Waals surface area contributed by atoms with Crippen molar-refractivity contribution in [1.29, 1.82) is 0 Å². The summed E-state index contributed by atoms with van der Waals surface area (Å²) in [6.45, 7) is 2.63. The Balaban J connectivity index is 1.56. The fourth-order valence-corrected chi connectivity index (χ4v) is 3.69. The standard InChI is InChI=1S/C20H24F3N3O/c1-27-19-24-11-16(12-25-19)14-26-10-4-5-15(13-26)8-9-17-6-2-3-7-18(17)20(21,22)23/h2-3,6-7,11-12,15H,4-5,8-10,13-14H2,1H3. The number of halogens is 3. The molecule has 0 saturated carbocycles. The quantitative estimate of drug-likeness (QED) is 0.748. The first-order chi connectivity index (χ1) is 13.0. The number of benzene rings is 1. The molecule has 0 aliphatic carbocycles. The molecule has 0 N–H and O–H groups in total. The average Bonchev–Trinajstić information content (AvgIpc) is 2.67. The summed E-state index contributed by atoms with van der Waals surface area (Å²) in [4.78, 5) is 10.6. The molecule has 7 heteroatoms. The normalized spacial score (nSPS) is 18.4. The molecule has 1 saturated heterocycles. The molecule has 0 bridgehead atoms. The minimum Gasteiger partial charge on any atom is -0.467 e. The van der Waals surface area contributed by atoms with Crippen molar-refractivity contribution in [2.75, 3.05) is 20.2 Å². The van der Waals surface area contributed by atoms with Gasteiger partial charge in [-0.1, -0.05) is 18.2 Å². The van der Waals surface area contributed by atoms with Gasteiger partial charge in [-0.3, -0.25) is 4.90 Å². The SMILES string of the molecule is COc1ncc(CN2CCCC(CCc3ccccc3C(F)(F)F)C2)cn1. The highest BCUT2D eigenvalue weighted by atomic mass is 19.4. The lowest BCUT2D eigenvalue weighted by atomic mass is 9.90. The number of ether oxygens (including phenoxy) is 1. The highest BCUT2D eigenvalue weighted by molar-refractivity contribution is 5.29. The van der Waals surface area contributed by atoms with Gasteiger partial charge in [-0.25, -0.2) is 9.97 Å². The summed E-state index contributed by atoms with van der Waals surface area (Å²) in [5.74, 6) is 0.402. The number of piperidine rings is 1. The molecule has 1 aromatic carbocycles. The smallest absolute Gasteiger partial charge is 0.416 e. The van der Waals surface area contributed by atoms with E-state index < -0.39 is 11.7 Å². The number of aromatic nitrogens is 2. The molecule has 3 rings (SSSR count). The Hall–Kier alpha value is -2.15. The summed E-state index contributed by atoms with van der Waals surface area (Å²) in [5, 5.41) is 0. The maximum Gasteiger partial charge on any atom is 0.416 e. The van der Waals surface area contributed by atoms with Crippen LogP contribution in [0.25, 0.3) is 0 Å². The maximum absolute atomic E-state index is 13.1. The molecule has 2 heterocycles. The van der Waals surface area contributed by atoms with Crippen LogP contribution in [-0.2, 0) is 19.1 Å². The molecule has 146 valence electrons. The van der Waals surface area contributed by atoms with Crippen molar-refractivity contribution in [3.05, 3.63) is 53.3 Å². The van der Waals surface area contributed by atoms with E-state index in [0.29, 0.717) is 23.9 Å². The van der Waals surface area contributed by atoms with Crippen molar-refractivity contribution < 1.29 is 17.9 Å². The summed E-state index contributed by atoms with van der Waals surface area (Å²) in [6, 6.07) is 6.25. The molecular weight excluding hydrogens is 355 g/mol. The van der Waals surface area contributed by atoms with Crippen LogP contribution in [0.4, 0.5) is 13.2 Å². The van der Waals surface area contributed by atoms with Gasteiger partial charge in [-0.15, -0.1) is 0 Å². The second kappa shape index (κ2) is 8.69. The number of aryl methyl sites for hydroxylation is 1. The third-order valence-corrected chi connectivity index (χ3v) is 5.02. The minimum atomic E-state index is -4.29. The molecule has 1 fully saturated rings. The van der Waals surface area contributed by atoms with Crippen LogP contribution < -0.4 is 4.74 Å². The van der Waals surface area contributed by atoms with Crippen LogP contribution in [0.2, 0.25) is 0 Å². The van der Waals surface area contributed by atoms with E-state index in [0.717, 1.165) is 44.5 Å². The summed E-state index contributed by atoms with van der Waals surface area (Å²) in [7, 11) is 1.53. The molecule has 27 heavy (non-hydrogen) atoms. The van der Waals surface area contributed by atoms with Gasteiger partial charge in [0.1, 0.15) is 0 Å². The topological polar surface area (TPSA) is 38.2 Å². The molecule has 0 spiro atoms. The zero-order valence-corrected chi connectivity index (χ0v) is 15.4. The monoisotopic (exact) mass is 379 g/mol. The number of nitrogens with zero attached hydrogens (tertiary/aromatic N) is 3. The summed E-state index contributed by atoms with van der Waals surface area (Å²) in [6.07, 6.45) is 2.57. The summed E-state index contributed by atoms with van der Waals surface area (Å²) in [5.41, 5.74) is 0.901. The average molecular weight is 379 g/mol. The van der Waals surface area contributed by atoms with Crippen LogP contribution in [0.15, 0.2) is 36.7 Å². The van der Waals surface area contributed by atoms with Crippen molar-refractivity contribution in [2.24, 2.45) is 5.92 Å². The van der Waals surface area contributed by atoms with Gasteiger partial charge >= 0.3 is 12.2 Å². The molecule has 0 radical (unpaired) electrons. The second-order valence-corrected chi connectivity index (χ2v) is 7.01. The van der Waals surface area contributed by atoms with Crippen molar-refractivity contribution in [3.8, 4) is 6.01 Å². The third kappa shape index (κ3) is 5.42. The zero-order chi connectivity index (χ0) is 19.3. The molecular formula is C20H24F3N3O. The van der Waals surface area contributed by atoms with Gasteiger partial charge < -0.3 is 4.74 Å². The lowest BCUT2D eigenvalue weighted by Crippen LogP contribution is -2.35. The number of rotatable bonds is 6. The highest BCUT2D eigenvalue weighted by Crippen LogP contribution is 2.33. The van der Waals surface area contributed by atoms with Gasteiger partial charge in [-0.05, 0) is 49.8 Å². The largest absolute Gasteiger partial charge is 0.467 e. The second-order valence-electron chi connectivity index (χ2n) is 7.01. The van der Waals surface area contributed by atoms with Crippen molar-refractivity contribution in [1.82, 2.24) is 14.9 Å².